The molecule has 12 heteroatoms. The summed E-state index contributed by atoms with van der Waals surface area (Å²) >= 11 is 0. The summed E-state index contributed by atoms with van der Waals surface area (Å²) in [5.74, 6) is 0.258. The molecule has 1 atom stereocenters. The first-order valence-electron chi connectivity index (χ1n) is 12.9. The molecule has 0 saturated heterocycles. The van der Waals surface area contributed by atoms with Crippen LogP contribution in [-0.2, 0) is 22.8 Å². The Morgan fingerprint density at radius 1 is 1.21 bits per heavy atom. The van der Waals surface area contributed by atoms with Crippen LogP contribution in [-0.4, -0.2) is 61.5 Å². The lowest BCUT2D eigenvalue weighted by Crippen LogP contribution is -2.34. The van der Waals surface area contributed by atoms with Gasteiger partial charge in [0.1, 0.15) is 21.6 Å². The molecule has 0 radical (unpaired) electrons. The van der Waals surface area contributed by atoms with Crippen LogP contribution in [0.1, 0.15) is 62.5 Å². The Labute approximate surface area is 222 Å². The topological polar surface area (TPSA) is 102 Å². The smallest absolute Gasteiger partial charge is 0.408 e. The molecular weight excluding hydrogens is 521 g/mol. The van der Waals surface area contributed by atoms with E-state index in [4.69, 9.17) is 4.74 Å². The summed E-state index contributed by atoms with van der Waals surface area (Å²) in [7, 11) is -1.60. The number of nitrogens with one attached hydrogen (secondary N) is 2. The quantitative estimate of drug-likeness (QED) is 0.433. The van der Waals surface area contributed by atoms with Gasteiger partial charge in [0.15, 0.2) is 5.69 Å². The van der Waals surface area contributed by atoms with E-state index in [1.807, 2.05) is 13.8 Å². The van der Waals surface area contributed by atoms with Gasteiger partial charge in [0.2, 0.25) is 0 Å². The maximum atomic E-state index is 13.2. The molecule has 1 aliphatic rings. The Kier molecular flexibility index (Phi) is 9.38. The van der Waals surface area contributed by atoms with Gasteiger partial charge in [-0.25, -0.2) is 8.42 Å². The predicted octanol–water partition coefficient (Wildman–Crippen LogP) is 4.84. The van der Waals surface area contributed by atoms with Gasteiger partial charge in [-0.05, 0) is 64.0 Å². The molecule has 8 nitrogen and oxygen atoms in total. The molecule has 1 unspecified atom stereocenters. The van der Waals surface area contributed by atoms with Crippen LogP contribution in [0.4, 0.5) is 18.9 Å². The number of hydrogen-bond acceptors (Lipinski definition) is 6. The van der Waals surface area contributed by atoms with Crippen LogP contribution in [0.15, 0.2) is 18.2 Å². The zero-order valence-corrected chi connectivity index (χ0v) is 23.3. The summed E-state index contributed by atoms with van der Waals surface area (Å²) < 4.78 is 69.9. The number of nitrogens with zero attached hydrogens (tertiary/aromatic N) is 2. The molecule has 1 aromatic heterocycles. The fourth-order valence-electron chi connectivity index (χ4n) is 4.94. The number of benzene rings is 1. The second-order valence-electron chi connectivity index (χ2n) is 9.85. The molecular formula is C26H37F3N4O4S. The molecule has 1 fully saturated rings. The highest BCUT2D eigenvalue weighted by Gasteiger charge is 2.36. The van der Waals surface area contributed by atoms with Crippen LogP contribution in [0.3, 0.4) is 0 Å². The summed E-state index contributed by atoms with van der Waals surface area (Å²) in [6, 6.07) is 3.01. The lowest BCUT2D eigenvalue weighted by atomic mass is 9.89. The summed E-state index contributed by atoms with van der Waals surface area (Å²) in [5, 5.41) is 9.68. The fraction of sp³-hybridized carbons (Fsp3) is 0.615. The number of rotatable bonds is 10. The maximum Gasteiger partial charge on any atom is 0.408 e. The Balaban J connectivity index is 1.82. The van der Waals surface area contributed by atoms with Crippen molar-refractivity contribution in [3.8, 4) is 17.0 Å². The van der Waals surface area contributed by atoms with Crippen molar-refractivity contribution in [3.05, 3.63) is 29.5 Å². The van der Waals surface area contributed by atoms with Crippen molar-refractivity contribution < 1.29 is 31.1 Å². The van der Waals surface area contributed by atoms with E-state index in [0.29, 0.717) is 60.6 Å². The average molecular weight is 559 g/mol. The molecule has 0 bridgehead atoms. The molecule has 1 heterocycles. The summed E-state index contributed by atoms with van der Waals surface area (Å²) in [4.78, 5) is 13.2. The third-order valence-electron chi connectivity index (χ3n) is 7.20. The van der Waals surface area contributed by atoms with E-state index in [2.05, 4.69) is 15.7 Å². The SMILES string of the molecule is CCc1c(C(=O)NCC2CCC(S(C)(=O)=O)CC2)nn(CC)c1-c1ccc(NC(C)C(F)(F)F)cc1OC. The number of sulfone groups is 1. The molecule has 1 amide bonds. The van der Waals surface area contributed by atoms with Crippen molar-refractivity contribution in [1.82, 2.24) is 15.1 Å². The van der Waals surface area contributed by atoms with Gasteiger partial charge in [0.05, 0.1) is 18.1 Å². The maximum absolute atomic E-state index is 13.2. The number of carbonyl (C=O) groups is 1. The number of methoxy groups -OCH3 is 1. The van der Waals surface area contributed by atoms with Gasteiger partial charge in [-0.1, -0.05) is 6.92 Å². The second kappa shape index (κ2) is 12.0. The van der Waals surface area contributed by atoms with Crippen molar-refractivity contribution in [2.45, 2.75) is 76.9 Å². The average Bonchev–Trinajstić information content (AvgIpc) is 3.25. The molecule has 0 aliphatic heterocycles. The Morgan fingerprint density at radius 2 is 1.87 bits per heavy atom. The van der Waals surface area contributed by atoms with E-state index in [1.54, 1.807) is 16.8 Å². The predicted molar refractivity (Wildman–Crippen MR) is 141 cm³/mol. The zero-order valence-electron chi connectivity index (χ0n) is 22.5. The molecule has 0 spiro atoms. The largest absolute Gasteiger partial charge is 0.496 e. The Hall–Kier alpha value is -2.76. The standard InChI is InChI=1S/C26H37F3N4O4S/c1-6-20-23(25(34)30-15-17-8-11-19(12-9-17)38(5,35)36)32-33(7-2)24(20)21-13-10-18(14-22(21)37-4)31-16(3)26(27,28)29/h10,13-14,16-17,19,31H,6-9,11-12,15H2,1-5H3,(H,30,34). The van der Waals surface area contributed by atoms with Crippen molar-refractivity contribution in [3.63, 3.8) is 0 Å². The lowest BCUT2D eigenvalue weighted by Gasteiger charge is -2.27. The number of carbonyl (C=O) groups excluding carboxylic acids is 1. The highest BCUT2D eigenvalue weighted by Crippen LogP contribution is 2.37. The molecule has 1 aromatic carbocycles. The minimum Gasteiger partial charge on any atom is -0.496 e. The van der Waals surface area contributed by atoms with Gasteiger partial charge in [0, 0.05) is 42.2 Å². The van der Waals surface area contributed by atoms with Gasteiger partial charge in [-0.3, -0.25) is 9.48 Å². The first-order chi connectivity index (χ1) is 17.8. The summed E-state index contributed by atoms with van der Waals surface area (Å²) in [6.45, 7) is 5.76. The number of alkyl halides is 3. The second-order valence-corrected chi connectivity index (χ2v) is 12.2. The van der Waals surface area contributed by atoms with Gasteiger partial charge in [-0.2, -0.15) is 18.3 Å². The molecule has 3 rings (SSSR count). The van der Waals surface area contributed by atoms with Crippen LogP contribution < -0.4 is 15.4 Å². The molecule has 2 aromatic rings. The van der Waals surface area contributed by atoms with Crippen molar-refractivity contribution >= 4 is 21.4 Å². The summed E-state index contributed by atoms with van der Waals surface area (Å²) in [6.07, 6.45) is 0.0515. The molecule has 38 heavy (non-hydrogen) atoms. The Morgan fingerprint density at radius 3 is 2.39 bits per heavy atom. The number of anilines is 1. The first-order valence-corrected chi connectivity index (χ1v) is 14.8. The number of ether oxygens (including phenoxy) is 1. The van der Waals surface area contributed by atoms with Gasteiger partial charge in [0.25, 0.3) is 5.91 Å². The van der Waals surface area contributed by atoms with Gasteiger partial charge >= 0.3 is 6.18 Å². The number of amides is 1. The van der Waals surface area contributed by atoms with Crippen LogP contribution in [0.5, 0.6) is 5.75 Å². The zero-order chi connectivity index (χ0) is 28.3. The number of hydrogen-bond donors (Lipinski definition) is 2. The third kappa shape index (κ3) is 6.81. The fourth-order valence-corrected chi connectivity index (χ4v) is 6.07. The number of aromatic nitrogens is 2. The molecule has 2 N–H and O–H groups in total. The minimum atomic E-state index is -4.39. The molecule has 1 aliphatic carbocycles. The van der Waals surface area contributed by atoms with E-state index in [1.165, 1.54) is 19.4 Å². The molecule has 212 valence electrons. The van der Waals surface area contributed by atoms with Crippen molar-refractivity contribution in [1.29, 1.82) is 0 Å². The van der Waals surface area contributed by atoms with Crippen LogP contribution >= 0.6 is 0 Å². The normalized spacial score (nSPS) is 19.2. The van der Waals surface area contributed by atoms with E-state index in [9.17, 15) is 26.4 Å². The van der Waals surface area contributed by atoms with E-state index < -0.39 is 22.1 Å². The monoisotopic (exact) mass is 558 g/mol. The van der Waals surface area contributed by atoms with Gasteiger partial charge in [-0.15, -0.1) is 0 Å². The lowest BCUT2D eigenvalue weighted by molar-refractivity contribution is -0.138. The highest BCUT2D eigenvalue weighted by molar-refractivity contribution is 7.91. The van der Waals surface area contributed by atoms with E-state index >= 15 is 0 Å². The highest BCUT2D eigenvalue weighted by atomic mass is 32.2. The molecule has 1 saturated carbocycles. The number of halogens is 3. The first kappa shape index (κ1) is 29.8. The van der Waals surface area contributed by atoms with Crippen LogP contribution in [0.25, 0.3) is 11.3 Å². The van der Waals surface area contributed by atoms with Crippen LogP contribution in [0.2, 0.25) is 0 Å². The van der Waals surface area contributed by atoms with Crippen molar-refractivity contribution in [2.75, 3.05) is 25.2 Å². The van der Waals surface area contributed by atoms with Crippen LogP contribution in [0, 0.1) is 5.92 Å². The minimum absolute atomic E-state index is 0.203. The summed E-state index contributed by atoms with van der Waals surface area (Å²) in [5.41, 5.74) is 2.58. The third-order valence-corrected chi connectivity index (χ3v) is 8.88. The van der Waals surface area contributed by atoms with E-state index in [-0.39, 0.29) is 22.8 Å². The van der Waals surface area contributed by atoms with Gasteiger partial charge < -0.3 is 15.4 Å². The van der Waals surface area contributed by atoms with Crippen molar-refractivity contribution in [2.24, 2.45) is 5.92 Å². The Bertz CT molecular complexity index is 1240. The number of aryl methyl sites for hydroxylation is 1. The van der Waals surface area contributed by atoms with E-state index in [0.717, 1.165) is 19.8 Å².